The fraction of sp³-hybridized carbons (Fsp3) is 0.235. The fourth-order valence-electron chi connectivity index (χ4n) is 1.85. The smallest absolute Gasteiger partial charge is 0.253 e. The largest absolute Gasteiger partial charge is 0.492 e. The van der Waals surface area contributed by atoms with Crippen molar-refractivity contribution < 1.29 is 13.9 Å². The van der Waals surface area contributed by atoms with Crippen LogP contribution in [0.15, 0.2) is 48.5 Å². The van der Waals surface area contributed by atoms with E-state index in [1.54, 1.807) is 11.9 Å². The molecule has 0 radical (unpaired) electrons. The zero-order chi connectivity index (χ0) is 15.2. The van der Waals surface area contributed by atoms with Gasteiger partial charge in [0, 0.05) is 12.6 Å². The van der Waals surface area contributed by atoms with Crippen molar-refractivity contribution in [1.29, 1.82) is 0 Å². The highest BCUT2D eigenvalue weighted by molar-refractivity contribution is 5.93. The lowest BCUT2D eigenvalue weighted by Gasteiger charge is -2.17. The normalized spacial score (nSPS) is 10.2. The first-order valence-electron chi connectivity index (χ1n) is 6.77. The third-order valence-corrected chi connectivity index (χ3v) is 3.15. The Labute approximate surface area is 124 Å². The Hall–Kier alpha value is -2.36. The van der Waals surface area contributed by atoms with E-state index >= 15 is 0 Å². The molecular weight excluding hydrogens is 269 g/mol. The van der Waals surface area contributed by atoms with E-state index in [0.717, 1.165) is 5.75 Å². The van der Waals surface area contributed by atoms with Crippen LogP contribution < -0.4 is 4.74 Å². The quantitative estimate of drug-likeness (QED) is 0.844. The Balaban J connectivity index is 1.83. The lowest BCUT2D eigenvalue weighted by atomic mass is 10.2. The van der Waals surface area contributed by atoms with Crippen molar-refractivity contribution in [1.82, 2.24) is 4.90 Å². The van der Waals surface area contributed by atoms with Crippen LogP contribution in [0.5, 0.6) is 5.75 Å². The average Bonchev–Trinajstić information content (AvgIpc) is 2.49. The maximum absolute atomic E-state index is 12.8. The molecule has 0 aliphatic carbocycles. The van der Waals surface area contributed by atoms with Crippen molar-refractivity contribution in [2.45, 2.75) is 6.92 Å². The molecule has 4 heteroatoms. The molecule has 0 fully saturated rings. The lowest BCUT2D eigenvalue weighted by molar-refractivity contribution is 0.0773. The molecular formula is C17H18FNO2. The van der Waals surface area contributed by atoms with Gasteiger partial charge in [-0.25, -0.2) is 4.39 Å². The minimum Gasteiger partial charge on any atom is -0.492 e. The van der Waals surface area contributed by atoms with Gasteiger partial charge in [-0.15, -0.1) is 0 Å². The third-order valence-electron chi connectivity index (χ3n) is 3.15. The van der Waals surface area contributed by atoms with Crippen LogP contribution in [-0.4, -0.2) is 31.0 Å². The molecule has 21 heavy (non-hydrogen) atoms. The topological polar surface area (TPSA) is 29.5 Å². The third kappa shape index (κ3) is 4.31. The van der Waals surface area contributed by atoms with Gasteiger partial charge in [-0.2, -0.15) is 0 Å². The minimum absolute atomic E-state index is 0.150. The molecule has 1 amide bonds. The summed E-state index contributed by atoms with van der Waals surface area (Å²) in [4.78, 5) is 13.6. The first-order valence-corrected chi connectivity index (χ1v) is 6.77. The fourth-order valence-corrected chi connectivity index (χ4v) is 1.85. The molecule has 0 saturated heterocycles. The molecule has 0 spiro atoms. The van der Waals surface area contributed by atoms with Gasteiger partial charge in [-0.05, 0) is 43.3 Å². The number of carbonyl (C=O) groups is 1. The molecule has 2 aromatic rings. The summed E-state index contributed by atoms with van der Waals surface area (Å²) in [7, 11) is 1.70. The van der Waals surface area contributed by atoms with Gasteiger partial charge >= 0.3 is 0 Å². The monoisotopic (exact) mass is 287 g/mol. The molecule has 0 bridgehead atoms. The molecule has 0 heterocycles. The Morgan fingerprint density at radius 1 is 1.10 bits per heavy atom. The Morgan fingerprint density at radius 2 is 1.71 bits per heavy atom. The van der Waals surface area contributed by atoms with Crippen LogP contribution in [0.1, 0.15) is 15.9 Å². The summed E-state index contributed by atoms with van der Waals surface area (Å²) < 4.78 is 18.4. The van der Waals surface area contributed by atoms with Crippen LogP contribution >= 0.6 is 0 Å². The predicted octanol–water partition coefficient (Wildman–Crippen LogP) is 3.29. The van der Waals surface area contributed by atoms with Crippen molar-refractivity contribution in [3.8, 4) is 5.75 Å². The van der Waals surface area contributed by atoms with Gasteiger partial charge in [0.25, 0.3) is 5.91 Å². The van der Waals surface area contributed by atoms with E-state index in [1.807, 2.05) is 31.2 Å². The van der Waals surface area contributed by atoms with E-state index in [4.69, 9.17) is 4.74 Å². The van der Waals surface area contributed by atoms with Crippen molar-refractivity contribution in [3.05, 3.63) is 65.5 Å². The molecule has 3 nitrogen and oxygen atoms in total. The second-order valence-electron chi connectivity index (χ2n) is 4.90. The lowest BCUT2D eigenvalue weighted by Crippen LogP contribution is -2.30. The van der Waals surface area contributed by atoms with Gasteiger partial charge in [-0.3, -0.25) is 4.79 Å². The van der Waals surface area contributed by atoms with Crippen molar-refractivity contribution in [3.63, 3.8) is 0 Å². The molecule has 0 aromatic heterocycles. The Morgan fingerprint density at radius 3 is 2.33 bits per heavy atom. The molecule has 0 atom stereocenters. The number of carbonyl (C=O) groups excluding carboxylic acids is 1. The summed E-state index contributed by atoms with van der Waals surface area (Å²) >= 11 is 0. The molecule has 0 aliphatic heterocycles. The van der Waals surface area contributed by atoms with Gasteiger partial charge in [0.15, 0.2) is 0 Å². The number of hydrogen-bond acceptors (Lipinski definition) is 2. The maximum Gasteiger partial charge on any atom is 0.253 e. The van der Waals surface area contributed by atoms with Crippen molar-refractivity contribution in [2.24, 2.45) is 0 Å². The zero-order valence-electron chi connectivity index (χ0n) is 12.2. The molecule has 2 aromatic carbocycles. The Bertz CT molecular complexity index is 593. The van der Waals surface area contributed by atoms with E-state index in [0.29, 0.717) is 18.7 Å². The van der Waals surface area contributed by atoms with Gasteiger partial charge < -0.3 is 9.64 Å². The number of halogens is 1. The van der Waals surface area contributed by atoms with Crippen LogP contribution in [0.3, 0.4) is 0 Å². The van der Waals surface area contributed by atoms with Gasteiger partial charge in [-0.1, -0.05) is 17.7 Å². The number of ether oxygens (including phenoxy) is 1. The number of benzene rings is 2. The van der Waals surface area contributed by atoms with Gasteiger partial charge in [0.2, 0.25) is 0 Å². The summed E-state index contributed by atoms with van der Waals surface area (Å²) in [5, 5.41) is 0. The van der Waals surface area contributed by atoms with Crippen molar-refractivity contribution >= 4 is 5.91 Å². The summed E-state index contributed by atoms with van der Waals surface area (Å²) in [5.41, 5.74) is 1.64. The SMILES string of the molecule is Cc1ccc(OCCN(C)C(=O)c2ccc(F)cc2)cc1. The standard InChI is InChI=1S/C17H18FNO2/c1-13-3-9-16(10-4-13)21-12-11-19(2)17(20)14-5-7-15(18)8-6-14/h3-10H,11-12H2,1-2H3. The zero-order valence-corrected chi connectivity index (χ0v) is 12.2. The van der Waals surface area contributed by atoms with E-state index in [2.05, 4.69) is 0 Å². The predicted molar refractivity (Wildman–Crippen MR) is 80.0 cm³/mol. The summed E-state index contributed by atoms with van der Waals surface area (Å²) in [6.45, 7) is 2.88. The number of nitrogens with zero attached hydrogens (tertiary/aromatic N) is 1. The minimum atomic E-state index is -0.350. The first-order chi connectivity index (χ1) is 10.1. The molecule has 2 rings (SSSR count). The highest BCUT2D eigenvalue weighted by Crippen LogP contribution is 2.11. The molecule has 0 aliphatic rings. The molecule has 0 N–H and O–H groups in total. The maximum atomic E-state index is 12.8. The van der Waals surface area contributed by atoms with Crippen molar-refractivity contribution in [2.75, 3.05) is 20.2 Å². The number of aryl methyl sites for hydroxylation is 1. The summed E-state index contributed by atoms with van der Waals surface area (Å²) in [6, 6.07) is 13.3. The number of amides is 1. The van der Waals surface area contributed by atoms with E-state index < -0.39 is 0 Å². The highest BCUT2D eigenvalue weighted by Gasteiger charge is 2.11. The van der Waals surface area contributed by atoms with Crippen LogP contribution in [-0.2, 0) is 0 Å². The average molecular weight is 287 g/mol. The second-order valence-corrected chi connectivity index (χ2v) is 4.90. The van der Waals surface area contributed by atoms with Crippen LogP contribution in [0.4, 0.5) is 4.39 Å². The van der Waals surface area contributed by atoms with E-state index in [9.17, 15) is 9.18 Å². The Kier molecular flexibility index (Phi) is 4.93. The number of rotatable bonds is 5. The second kappa shape index (κ2) is 6.88. The number of likely N-dealkylation sites (N-methyl/N-ethyl adjacent to an activating group) is 1. The van der Waals surface area contributed by atoms with Crippen LogP contribution in [0, 0.1) is 12.7 Å². The van der Waals surface area contributed by atoms with E-state index in [-0.39, 0.29) is 11.7 Å². The molecule has 0 saturated carbocycles. The van der Waals surface area contributed by atoms with Gasteiger partial charge in [0.05, 0.1) is 6.54 Å². The first kappa shape index (κ1) is 15.0. The van der Waals surface area contributed by atoms with E-state index in [1.165, 1.54) is 29.8 Å². The van der Waals surface area contributed by atoms with Crippen LogP contribution in [0.25, 0.3) is 0 Å². The highest BCUT2D eigenvalue weighted by atomic mass is 19.1. The molecule has 110 valence electrons. The molecule has 0 unspecified atom stereocenters. The van der Waals surface area contributed by atoms with Gasteiger partial charge in [0.1, 0.15) is 18.2 Å². The summed E-state index contributed by atoms with van der Waals surface area (Å²) in [5.74, 6) is 0.280. The summed E-state index contributed by atoms with van der Waals surface area (Å²) in [6.07, 6.45) is 0. The number of hydrogen-bond donors (Lipinski definition) is 0. The van der Waals surface area contributed by atoms with Crippen LogP contribution in [0.2, 0.25) is 0 Å².